The normalized spacial score (nSPS) is 19.1. The highest BCUT2D eigenvalue weighted by Gasteiger charge is 2.25. The summed E-state index contributed by atoms with van der Waals surface area (Å²) in [5.74, 6) is 0. The van der Waals surface area contributed by atoms with Crippen LogP contribution >= 0.6 is 0 Å². The Hall–Kier alpha value is -0.200. The molecule has 0 aromatic heterocycles. The van der Waals surface area contributed by atoms with Crippen molar-refractivity contribution in [3.63, 3.8) is 0 Å². The van der Waals surface area contributed by atoms with Crippen LogP contribution in [0.1, 0.15) is 20.8 Å². The molecular weight excluding hydrogens is 188 g/mol. The van der Waals surface area contributed by atoms with E-state index in [2.05, 4.69) is 0 Å². The van der Waals surface area contributed by atoms with Crippen LogP contribution in [0.5, 0.6) is 0 Å². The lowest BCUT2D eigenvalue weighted by atomic mass is 10.1. The third-order valence-corrected chi connectivity index (χ3v) is 1.66. The predicted molar refractivity (Wildman–Crippen MR) is 50.8 cm³/mol. The van der Waals surface area contributed by atoms with Crippen LogP contribution < -0.4 is 0 Å². The van der Waals surface area contributed by atoms with Crippen molar-refractivity contribution in [3.05, 3.63) is 0 Å². The van der Waals surface area contributed by atoms with Crippen LogP contribution in [0.15, 0.2) is 0 Å². The topological polar surface area (TPSA) is 90.2 Å². The molecule has 0 radical (unpaired) electrons. The lowest BCUT2D eigenvalue weighted by molar-refractivity contribution is -0.121. The van der Waals surface area contributed by atoms with Gasteiger partial charge in [-0.25, -0.2) is 0 Å². The summed E-state index contributed by atoms with van der Waals surface area (Å²) < 4.78 is 5.20. The van der Waals surface area contributed by atoms with Crippen LogP contribution in [0.3, 0.4) is 0 Å². The second-order valence-electron chi connectivity index (χ2n) is 4.23. The number of hydrogen-bond donors (Lipinski definition) is 4. The molecule has 4 N–H and O–H groups in total. The molecule has 0 saturated carbocycles. The van der Waals surface area contributed by atoms with Crippen LogP contribution in [0.4, 0.5) is 0 Å². The van der Waals surface area contributed by atoms with Gasteiger partial charge in [0.1, 0.15) is 18.3 Å². The van der Waals surface area contributed by atoms with Gasteiger partial charge in [0, 0.05) is 0 Å². The number of aliphatic hydroxyl groups excluding tert-OH is 4. The average Bonchev–Trinajstić information content (AvgIpc) is 2.10. The van der Waals surface area contributed by atoms with Crippen molar-refractivity contribution in [1.82, 2.24) is 0 Å². The van der Waals surface area contributed by atoms with E-state index < -0.39 is 30.5 Å². The van der Waals surface area contributed by atoms with Crippen LogP contribution in [-0.4, -0.2) is 57.6 Å². The Balaban J connectivity index is 3.90. The van der Waals surface area contributed by atoms with Crippen LogP contribution in [0.25, 0.3) is 0 Å². The van der Waals surface area contributed by atoms with Gasteiger partial charge in [0.2, 0.25) is 0 Å². The molecule has 3 atom stereocenters. The molecule has 86 valence electrons. The maximum Gasteiger partial charge on any atom is 0.110 e. The molecule has 0 fully saturated rings. The van der Waals surface area contributed by atoms with Crippen LogP contribution in [0.2, 0.25) is 0 Å². The number of hydrogen-bond acceptors (Lipinski definition) is 5. The minimum atomic E-state index is -1.39. The van der Waals surface area contributed by atoms with Gasteiger partial charge in [-0.15, -0.1) is 0 Å². The summed E-state index contributed by atoms with van der Waals surface area (Å²) >= 11 is 0. The highest BCUT2D eigenvalue weighted by molar-refractivity contribution is 4.75. The van der Waals surface area contributed by atoms with E-state index in [9.17, 15) is 10.2 Å². The van der Waals surface area contributed by atoms with E-state index in [4.69, 9.17) is 14.9 Å². The third kappa shape index (κ3) is 5.51. The Morgan fingerprint density at radius 3 is 1.93 bits per heavy atom. The van der Waals surface area contributed by atoms with Crippen molar-refractivity contribution in [1.29, 1.82) is 0 Å². The Labute approximate surface area is 83.9 Å². The summed E-state index contributed by atoms with van der Waals surface area (Å²) in [5.41, 5.74) is -0.412. The fraction of sp³-hybridized carbons (Fsp3) is 1.00. The van der Waals surface area contributed by atoms with Gasteiger partial charge in [-0.05, 0) is 20.8 Å². The molecule has 0 aliphatic rings. The van der Waals surface area contributed by atoms with Gasteiger partial charge >= 0.3 is 0 Å². The van der Waals surface area contributed by atoms with E-state index in [1.54, 1.807) is 0 Å². The largest absolute Gasteiger partial charge is 0.394 e. The van der Waals surface area contributed by atoms with Crippen LogP contribution in [-0.2, 0) is 4.74 Å². The lowest BCUT2D eigenvalue weighted by Crippen LogP contribution is -2.43. The van der Waals surface area contributed by atoms with Crippen molar-refractivity contribution < 1.29 is 25.2 Å². The predicted octanol–water partition coefficient (Wildman–Crippen LogP) is -1.12. The summed E-state index contributed by atoms with van der Waals surface area (Å²) in [6.45, 7) is 4.77. The first kappa shape index (κ1) is 13.8. The van der Waals surface area contributed by atoms with Gasteiger partial charge in [-0.1, -0.05) is 0 Å². The molecule has 0 unspecified atom stereocenters. The molecule has 0 bridgehead atoms. The van der Waals surface area contributed by atoms with Crippen LogP contribution in [0, 0.1) is 0 Å². The molecule has 0 amide bonds. The fourth-order valence-electron chi connectivity index (χ4n) is 0.798. The minimum absolute atomic E-state index is 0.0816. The zero-order valence-corrected chi connectivity index (χ0v) is 8.84. The van der Waals surface area contributed by atoms with E-state index in [1.807, 2.05) is 20.8 Å². The maximum atomic E-state index is 9.34. The second-order valence-corrected chi connectivity index (χ2v) is 4.23. The number of ether oxygens (including phenoxy) is 1. The lowest BCUT2D eigenvalue weighted by Gasteiger charge is -2.26. The quantitative estimate of drug-likeness (QED) is 0.459. The molecule has 0 aliphatic heterocycles. The van der Waals surface area contributed by atoms with Gasteiger partial charge < -0.3 is 25.2 Å². The van der Waals surface area contributed by atoms with E-state index in [-0.39, 0.29) is 6.61 Å². The Morgan fingerprint density at radius 2 is 1.57 bits per heavy atom. The van der Waals surface area contributed by atoms with Gasteiger partial charge in [-0.3, -0.25) is 0 Å². The summed E-state index contributed by atoms with van der Waals surface area (Å²) in [7, 11) is 0. The van der Waals surface area contributed by atoms with E-state index in [1.165, 1.54) is 0 Å². The molecule has 0 saturated heterocycles. The summed E-state index contributed by atoms with van der Waals surface area (Å²) in [6.07, 6.45) is -3.92. The zero-order chi connectivity index (χ0) is 11.4. The first-order valence-corrected chi connectivity index (χ1v) is 4.57. The molecule has 14 heavy (non-hydrogen) atoms. The molecule has 0 aromatic rings. The second kappa shape index (κ2) is 5.63. The average molecular weight is 208 g/mol. The SMILES string of the molecule is CC(C)(C)OC[C@@H](O)[C@@H](O)[C@@H](O)CO. The highest BCUT2D eigenvalue weighted by atomic mass is 16.5. The van der Waals surface area contributed by atoms with Crippen molar-refractivity contribution >= 4 is 0 Å². The van der Waals surface area contributed by atoms with E-state index >= 15 is 0 Å². The maximum absolute atomic E-state index is 9.34. The number of aliphatic hydroxyl groups is 4. The molecule has 0 aromatic carbocycles. The molecule has 0 rings (SSSR count). The summed E-state index contributed by atoms with van der Waals surface area (Å²) in [5, 5.41) is 36.1. The highest BCUT2D eigenvalue weighted by Crippen LogP contribution is 2.09. The first-order chi connectivity index (χ1) is 6.28. The molecule has 5 nitrogen and oxygen atoms in total. The van der Waals surface area contributed by atoms with Crippen molar-refractivity contribution in [2.75, 3.05) is 13.2 Å². The Bertz CT molecular complexity index is 154. The molecule has 0 aliphatic carbocycles. The summed E-state index contributed by atoms with van der Waals surface area (Å²) in [6, 6.07) is 0. The summed E-state index contributed by atoms with van der Waals surface area (Å²) in [4.78, 5) is 0. The van der Waals surface area contributed by atoms with E-state index in [0.29, 0.717) is 0 Å². The van der Waals surface area contributed by atoms with Crippen molar-refractivity contribution in [2.45, 2.75) is 44.7 Å². The Morgan fingerprint density at radius 1 is 1.07 bits per heavy atom. The van der Waals surface area contributed by atoms with Crippen molar-refractivity contribution in [2.24, 2.45) is 0 Å². The third-order valence-electron chi connectivity index (χ3n) is 1.66. The minimum Gasteiger partial charge on any atom is -0.394 e. The first-order valence-electron chi connectivity index (χ1n) is 4.57. The van der Waals surface area contributed by atoms with Gasteiger partial charge in [-0.2, -0.15) is 0 Å². The molecular formula is C9H20O5. The van der Waals surface area contributed by atoms with E-state index in [0.717, 1.165) is 0 Å². The molecule has 5 heteroatoms. The van der Waals surface area contributed by atoms with Gasteiger partial charge in [0.15, 0.2) is 0 Å². The molecule has 0 heterocycles. The standard InChI is InChI=1S/C9H20O5/c1-9(2,3)14-5-7(12)8(13)6(11)4-10/h6-8,10-13H,4-5H2,1-3H3/t6-,7+,8-/m0/s1. The molecule has 0 spiro atoms. The number of rotatable bonds is 5. The Kier molecular flexibility index (Phi) is 5.54. The fourth-order valence-corrected chi connectivity index (χ4v) is 0.798. The smallest absolute Gasteiger partial charge is 0.110 e. The van der Waals surface area contributed by atoms with Crippen molar-refractivity contribution in [3.8, 4) is 0 Å². The van der Waals surface area contributed by atoms with Gasteiger partial charge in [0.25, 0.3) is 0 Å². The monoisotopic (exact) mass is 208 g/mol. The van der Waals surface area contributed by atoms with Gasteiger partial charge in [0.05, 0.1) is 18.8 Å². The zero-order valence-electron chi connectivity index (χ0n) is 8.84.